The van der Waals surface area contributed by atoms with Gasteiger partial charge in [-0.25, -0.2) is 9.18 Å². The van der Waals surface area contributed by atoms with Crippen molar-refractivity contribution in [3.8, 4) is 0 Å². The third kappa shape index (κ3) is 5.47. The zero-order valence-corrected chi connectivity index (χ0v) is 15.6. The third-order valence-corrected chi connectivity index (χ3v) is 4.43. The van der Waals surface area contributed by atoms with Crippen molar-refractivity contribution in [1.29, 1.82) is 0 Å². The normalized spacial score (nSPS) is 30.5. The van der Waals surface area contributed by atoms with Gasteiger partial charge in [-0.05, 0) is 26.8 Å². The lowest BCUT2D eigenvalue weighted by molar-refractivity contribution is -0.122. The molecule has 2 N–H and O–H groups in total. The number of allylic oxidation sites excluding steroid dienone is 1. The van der Waals surface area contributed by atoms with Gasteiger partial charge in [-0.3, -0.25) is 4.90 Å². The summed E-state index contributed by atoms with van der Waals surface area (Å²) < 4.78 is 20.1. The smallest absolute Gasteiger partial charge is 0.328 e. The fraction of sp³-hybridized carbons (Fsp3) is 0.611. The Morgan fingerprint density at radius 3 is 2.31 bits per heavy atom. The molecule has 0 aliphatic carbocycles. The van der Waals surface area contributed by atoms with Crippen LogP contribution in [0.1, 0.15) is 40.5 Å². The van der Waals surface area contributed by atoms with E-state index < -0.39 is 29.9 Å². The SMILES string of the molecule is C=C1C=CN([C@@H]2O[C@H](CO)[C@@H](C)[C@@]2(C)F)C(=O)N1.CC(=O)CCC(C)=O. The summed E-state index contributed by atoms with van der Waals surface area (Å²) in [6, 6.07) is -0.484. The predicted octanol–water partition coefficient (Wildman–Crippen LogP) is 2.07. The number of halogens is 1. The molecule has 0 unspecified atom stereocenters. The molecule has 0 aromatic heterocycles. The molecule has 2 heterocycles. The van der Waals surface area contributed by atoms with Crippen LogP contribution in [0.2, 0.25) is 0 Å². The van der Waals surface area contributed by atoms with Crippen LogP contribution >= 0.6 is 0 Å². The number of carbonyl (C=O) groups excluding carboxylic acids is 3. The Hall–Kier alpha value is -2.06. The largest absolute Gasteiger partial charge is 0.394 e. The van der Waals surface area contributed by atoms with Crippen molar-refractivity contribution >= 4 is 17.6 Å². The van der Waals surface area contributed by atoms with Gasteiger partial charge in [0.15, 0.2) is 11.9 Å². The molecule has 1 fully saturated rings. The number of hydrogen-bond donors (Lipinski definition) is 2. The Bertz CT molecular complexity index is 588. The van der Waals surface area contributed by atoms with Crippen LogP contribution in [0.15, 0.2) is 24.6 Å². The van der Waals surface area contributed by atoms with E-state index in [0.29, 0.717) is 18.5 Å². The lowest BCUT2D eigenvalue weighted by Crippen LogP contribution is -2.52. The maximum absolute atomic E-state index is 14.6. The number of urea groups is 1. The minimum atomic E-state index is -1.73. The van der Waals surface area contributed by atoms with E-state index in [0.717, 1.165) is 4.90 Å². The molecule has 2 aliphatic heterocycles. The number of nitrogens with zero attached hydrogens (tertiary/aromatic N) is 1. The number of ether oxygens (including phenoxy) is 1. The molecule has 26 heavy (non-hydrogen) atoms. The highest BCUT2D eigenvalue weighted by Crippen LogP contribution is 2.41. The first-order valence-corrected chi connectivity index (χ1v) is 8.41. The number of hydrogen-bond acceptors (Lipinski definition) is 5. The summed E-state index contributed by atoms with van der Waals surface area (Å²) in [5.41, 5.74) is -1.28. The molecule has 1 saturated heterocycles. The molecule has 4 atom stereocenters. The standard InChI is InChI=1S/C12H17FN2O3.C6H10O2/c1-7-4-5-15(11(17)14-7)10-12(3,13)8(2)9(6-16)18-10;1-5(7)3-4-6(2)8/h4-5,8-10,16H,1,6H2,2-3H3,(H,14,17);3-4H2,1-2H3/t8-,9-,10-,12-;/m1./s1. The number of aliphatic hydroxyl groups excluding tert-OH is 1. The second kappa shape index (κ2) is 9.05. The van der Waals surface area contributed by atoms with Crippen molar-refractivity contribution in [3.05, 3.63) is 24.6 Å². The molecular formula is C18H27FN2O5. The van der Waals surface area contributed by atoms with Gasteiger partial charge in [-0.2, -0.15) is 0 Å². The van der Waals surface area contributed by atoms with Gasteiger partial charge >= 0.3 is 6.03 Å². The molecule has 0 saturated carbocycles. The first-order valence-electron chi connectivity index (χ1n) is 8.41. The van der Waals surface area contributed by atoms with Crippen LogP contribution in [-0.2, 0) is 14.3 Å². The quantitative estimate of drug-likeness (QED) is 0.772. The number of amides is 2. The summed E-state index contributed by atoms with van der Waals surface area (Å²) in [6.45, 7) is 9.33. The topological polar surface area (TPSA) is 95.9 Å². The van der Waals surface area contributed by atoms with E-state index >= 15 is 0 Å². The Balaban J connectivity index is 0.000000359. The number of rotatable bonds is 5. The van der Waals surface area contributed by atoms with Crippen LogP contribution in [-0.4, -0.2) is 52.2 Å². The molecule has 8 heteroatoms. The molecule has 0 aromatic carbocycles. The van der Waals surface area contributed by atoms with Gasteiger partial charge in [0.25, 0.3) is 0 Å². The molecule has 146 valence electrons. The highest BCUT2D eigenvalue weighted by atomic mass is 19.1. The van der Waals surface area contributed by atoms with Gasteiger partial charge in [-0.1, -0.05) is 13.5 Å². The molecule has 0 aromatic rings. The molecule has 0 bridgehead atoms. The maximum Gasteiger partial charge on any atom is 0.328 e. The first kappa shape index (κ1) is 22.0. The molecule has 2 amide bonds. The average Bonchev–Trinajstić information content (AvgIpc) is 2.76. The molecule has 2 rings (SSSR count). The third-order valence-electron chi connectivity index (χ3n) is 4.43. The fourth-order valence-electron chi connectivity index (χ4n) is 2.56. The van der Waals surface area contributed by atoms with Gasteiger partial charge in [0.05, 0.1) is 12.7 Å². The monoisotopic (exact) mass is 370 g/mol. The zero-order valence-electron chi connectivity index (χ0n) is 15.6. The Morgan fingerprint density at radius 2 is 1.92 bits per heavy atom. The molecular weight excluding hydrogens is 343 g/mol. The van der Waals surface area contributed by atoms with E-state index in [2.05, 4.69) is 11.9 Å². The minimum absolute atomic E-state index is 0.0835. The van der Waals surface area contributed by atoms with Gasteiger partial charge in [0.2, 0.25) is 0 Å². The Kier molecular flexibility index (Phi) is 7.65. The lowest BCUT2D eigenvalue weighted by atomic mass is 9.89. The zero-order chi connectivity index (χ0) is 20.1. The first-order chi connectivity index (χ1) is 12.0. The number of Topliss-reactive ketones (excluding diaryl/α,β-unsaturated/α-hetero) is 2. The van der Waals surface area contributed by atoms with Crippen molar-refractivity contribution in [2.45, 2.75) is 58.5 Å². The van der Waals surface area contributed by atoms with Crippen molar-refractivity contribution in [1.82, 2.24) is 10.2 Å². The summed E-state index contributed by atoms with van der Waals surface area (Å²) in [4.78, 5) is 33.3. The van der Waals surface area contributed by atoms with Crippen LogP contribution in [0.3, 0.4) is 0 Å². The van der Waals surface area contributed by atoms with Crippen LogP contribution < -0.4 is 5.32 Å². The summed E-state index contributed by atoms with van der Waals surface area (Å²) in [6.07, 6.45) is 2.14. The number of alkyl halides is 1. The van der Waals surface area contributed by atoms with Crippen molar-refractivity contribution < 1.29 is 28.6 Å². The van der Waals surface area contributed by atoms with E-state index in [1.54, 1.807) is 13.0 Å². The van der Waals surface area contributed by atoms with Crippen molar-refractivity contribution in [2.75, 3.05) is 6.61 Å². The van der Waals surface area contributed by atoms with E-state index in [9.17, 15) is 18.8 Å². The summed E-state index contributed by atoms with van der Waals surface area (Å²) in [5, 5.41) is 11.6. The van der Waals surface area contributed by atoms with Gasteiger partial charge in [0.1, 0.15) is 11.6 Å². The maximum atomic E-state index is 14.6. The number of nitrogens with one attached hydrogen (secondary N) is 1. The van der Waals surface area contributed by atoms with E-state index in [1.165, 1.54) is 27.0 Å². The van der Waals surface area contributed by atoms with Gasteiger partial charge in [0, 0.05) is 30.7 Å². The highest BCUT2D eigenvalue weighted by molar-refractivity contribution is 5.83. The summed E-state index contributed by atoms with van der Waals surface area (Å²) in [7, 11) is 0. The van der Waals surface area contributed by atoms with Crippen LogP contribution in [0.25, 0.3) is 0 Å². The van der Waals surface area contributed by atoms with Crippen LogP contribution in [0.5, 0.6) is 0 Å². The molecule has 7 nitrogen and oxygen atoms in total. The van der Waals surface area contributed by atoms with Gasteiger partial charge < -0.3 is 24.7 Å². The number of carbonyl (C=O) groups is 3. The molecule has 0 spiro atoms. The van der Waals surface area contributed by atoms with E-state index in [4.69, 9.17) is 9.84 Å². The number of ketones is 2. The fourth-order valence-corrected chi connectivity index (χ4v) is 2.56. The van der Waals surface area contributed by atoms with Crippen LogP contribution in [0.4, 0.5) is 9.18 Å². The average molecular weight is 370 g/mol. The minimum Gasteiger partial charge on any atom is -0.394 e. The number of aliphatic hydroxyl groups is 1. The highest BCUT2D eigenvalue weighted by Gasteiger charge is 2.55. The molecule has 0 radical (unpaired) electrons. The summed E-state index contributed by atoms with van der Waals surface area (Å²) in [5.74, 6) is -0.334. The second-order valence-electron chi connectivity index (χ2n) is 6.73. The van der Waals surface area contributed by atoms with Crippen LogP contribution in [0, 0.1) is 5.92 Å². The Labute approximate surface area is 152 Å². The van der Waals surface area contributed by atoms with Gasteiger partial charge in [-0.15, -0.1) is 0 Å². The molecule has 2 aliphatic rings. The van der Waals surface area contributed by atoms with E-state index in [1.807, 2.05) is 0 Å². The Morgan fingerprint density at radius 1 is 1.38 bits per heavy atom. The second-order valence-corrected chi connectivity index (χ2v) is 6.73. The lowest BCUT2D eigenvalue weighted by Gasteiger charge is -2.34. The van der Waals surface area contributed by atoms with Crippen molar-refractivity contribution in [3.63, 3.8) is 0 Å². The van der Waals surface area contributed by atoms with Crippen molar-refractivity contribution in [2.24, 2.45) is 5.92 Å². The summed E-state index contributed by atoms with van der Waals surface area (Å²) >= 11 is 0. The predicted molar refractivity (Wildman–Crippen MR) is 93.7 cm³/mol. The van der Waals surface area contributed by atoms with E-state index in [-0.39, 0.29) is 18.2 Å².